The summed E-state index contributed by atoms with van der Waals surface area (Å²) in [5.41, 5.74) is 3.57. The molecule has 0 saturated carbocycles. The van der Waals surface area contributed by atoms with Crippen LogP contribution in [0, 0.1) is 6.92 Å². The molecule has 0 aliphatic carbocycles. The summed E-state index contributed by atoms with van der Waals surface area (Å²) in [4.78, 5) is 12.8. The molecule has 0 unspecified atom stereocenters. The van der Waals surface area contributed by atoms with Crippen molar-refractivity contribution in [2.24, 2.45) is 0 Å². The fourth-order valence-electron chi connectivity index (χ4n) is 2.12. The van der Waals surface area contributed by atoms with Crippen LogP contribution in [0.15, 0.2) is 61.1 Å². The maximum Gasteiger partial charge on any atom is 0.224 e. The van der Waals surface area contributed by atoms with Crippen molar-refractivity contribution in [3.63, 3.8) is 0 Å². The molecular formula is C18H19N5. The van der Waals surface area contributed by atoms with Gasteiger partial charge in [0.1, 0.15) is 5.82 Å². The lowest BCUT2D eigenvalue weighted by molar-refractivity contribution is 1.03. The Morgan fingerprint density at radius 2 is 1.70 bits per heavy atom. The lowest BCUT2D eigenvalue weighted by Crippen LogP contribution is -2.06. The van der Waals surface area contributed by atoms with E-state index in [1.807, 2.05) is 24.4 Å². The van der Waals surface area contributed by atoms with Gasteiger partial charge in [0.25, 0.3) is 0 Å². The van der Waals surface area contributed by atoms with Crippen LogP contribution in [0.3, 0.4) is 0 Å². The number of nitrogens with zero attached hydrogens (tertiary/aromatic N) is 3. The fraction of sp³-hybridized carbons (Fsp3) is 0.167. The number of pyridine rings is 1. The smallest absolute Gasteiger partial charge is 0.224 e. The largest absolute Gasteiger partial charge is 0.366 e. The van der Waals surface area contributed by atoms with Crippen LogP contribution in [0.5, 0.6) is 0 Å². The number of nitrogens with one attached hydrogen (secondary N) is 2. The van der Waals surface area contributed by atoms with Crippen molar-refractivity contribution >= 4 is 11.8 Å². The maximum atomic E-state index is 4.47. The third-order valence-corrected chi connectivity index (χ3v) is 3.42. The van der Waals surface area contributed by atoms with Gasteiger partial charge in [0.05, 0.1) is 0 Å². The van der Waals surface area contributed by atoms with Gasteiger partial charge in [-0.1, -0.05) is 35.9 Å². The minimum Gasteiger partial charge on any atom is -0.366 e. The van der Waals surface area contributed by atoms with Gasteiger partial charge in [-0.25, -0.2) is 4.98 Å². The third kappa shape index (κ3) is 4.51. The first-order valence-electron chi connectivity index (χ1n) is 7.55. The fourth-order valence-corrected chi connectivity index (χ4v) is 2.12. The number of rotatable bonds is 6. The monoisotopic (exact) mass is 305 g/mol. The van der Waals surface area contributed by atoms with Crippen molar-refractivity contribution in [3.8, 4) is 0 Å². The zero-order valence-corrected chi connectivity index (χ0v) is 13.0. The molecule has 2 aromatic heterocycles. The number of benzene rings is 1. The summed E-state index contributed by atoms with van der Waals surface area (Å²) < 4.78 is 0. The van der Waals surface area contributed by atoms with Crippen LogP contribution < -0.4 is 10.6 Å². The van der Waals surface area contributed by atoms with Crippen LogP contribution in [0.4, 0.5) is 11.8 Å². The summed E-state index contributed by atoms with van der Waals surface area (Å²) in [5, 5.41) is 6.52. The number of hydrogen-bond acceptors (Lipinski definition) is 5. The molecule has 0 bridgehead atoms. The number of aromatic nitrogens is 3. The Morgan fingerprint density at radius 1 is 0.870 bits per heavy atom. The van der Waals surface area contributed by atoms with Crippen molar-refractivity contribution in [3.05, 3.63) is 77.7 Å². The van der Waals surface area contributed by atoms with Gasteiger partial charge in [-0.05, 0) is 30.2 Å². The highest BCUT2D eigenvalue weighted by Gasteiger charge is 2.00. The molecule has 0 aliphatic heterocycles. The molecule has 1 aromatic carbocycles. The van der Waals surface area contributed by atoms with E-state index in [4.69, 9.17) is 0 Å². The molecule has 3 rings (SSSR count). The van der Waals surface area contributed by atoms with E-state index in [1.54, 1.807) is 12.4 Å². The predicted molar refractivity (Wildman–Crippen MR) is 92.1 cm³/mol. The molecule has 0 amide bonds. The van der Waals surface area contributed by atoms with Gasteiger partial charge in [0.15, 0.2) is 0 Å². The minimum atomic E-state index is 0.600. The summed E-state index contributed by atoms with van der Waals surface area (Å²) in [6, 6.07) is 14.2. The first-order valence-corrected chi connectivity index (χ1v) is 7.55. The second kappa shape index (κ2) is 7.35. The summed E-state index contributed by atoms with van der Waals surface area (Å²) >= 11 is 0. The van der Waals surface area contributed by atoms with Gasteiger partial charge in [-0.15, -0.1) is 0 Å². The van der Waals surface area contributed by atoms with Crippen molar-refractivity contribution < 1.29 is 0 Å². The van der Waals surface area contributed by atoms with E-state index >= 15 is 0 Å². The second-order valence-corrected chi connectivity index (χ2v) is 5.32. The van der Waals surface area contributed by atoms with E-state index in [1.165, 1.54) is 11.1 Å². The lowest BCUT2D eigenvalue weighted by atomic mass is 10.1. The Morgan fingerprint density at radius 3 is 2.48 bits per heavy atom. The highest BCUT2D eigenvalue weighted by Crippen LogP contribution is 2.10. The molecule has 2 heterocycles. The highest BCUT2D eigenvalue weighted by atomic mass is 15.1. The molecule has 5 nitrogen and oxygen atoms in total. The van der Waals surface area contributed by atoms with Gasteiger partial charge < -0.3 is 10.6 Å². The summed E-state index contributed by atoms with van der Waals surface area (Å²) in [7, 11) is 0. The van der Waals surface area contributed by atoms with Crippen molar-refractivity contribution in [2.45, 2.75) is 20.0 Å². The minimum absolute atomic E-state index is 0.600. The van der Waals surface area contributed by atoms with E-state index in [2.05, 4.69) is 56.8 Å². The molecule has 23 heavy (non-hydrogen) atoms. The standard InChI is InChI=1S/C18H19N5/c1-14-4-6-15(7-5-14)12-21-17-8-10-20-18(23-17)22-13-16-3-2-9-19-11-16/h2-11H,12-13H2,1H3,(H2,20,21,22,23). The van der Waals surface area contributed by atoms with Crippen LogP contribution in [-0.2, 0) is 13.1 Å². The lowest BCUT2D eigenvalue weighted by Gasteiger charge is -2.08. The Kier molecular flexibility index (Phi) is 4.79. The molecule has 0 spiro atoms. The number of aryl methyl sites for hydroxylation is 1. The van der Waals surface area contributed by atoms with Gasteiger partial charge in [0, 0.05) is 31.7 Å². The van der Waals surface area contributed by atoms with Crippen LogP contribution in [0.25, 0.3) is 0 Å². The molecule has 2 N–H and O–H groups in total. The summed E-state index contributed by atoms with van der Waals surface area (Å²) in [5.74, 6) is 1.40. The average molecular weight is 305 g/mol. The number of anilines is 2. The summed E-state index contributed by atoms with van der Waals surface area (Å²) in [6.07, 6.45) is 5.33. The van der Waals surface area contributed by atoms with Crippen molar-refractivity contribution in [1.29, 1.82) is 0 Å². The topological polar surface area (TPSA) is 62.7 Å². The first kappa shape index (κ1) is 15.0. The highest BCUT2D eigenvalue weighted by molar-refractivity contribution is 5.40. The average Bonchev–Trinajstić information content (AvgIpc) is 2.61. The molecular weight excluding hydrogens is 286 g/mol. The predicted octanol–water partition coefficient (Wildman–Crippen LogP) is 3.40. The quantitative estimate of drug-likeness (QED) is 0.731. The molecule has 0 atom stereocenters. The van der Waals surface area contributed by atoms with Crippen LogP contribution >= 0.6 is 0 Å². The Hall–Kier alpha value is -2.95. The van der Waals surface area contributed by atoms with Gasteiger partial charge in [-0.3, -0.25) is 4.98 Å². The van der Waals surface area contributed by atoms with E-state index in [0.29, 0.717) is 12.5 Å². The summed E-state index contributed by atoms with van der Waals surface area (Å²) in [6.45, 7) is 3.47. The zero-order valence-electron chi connectivity index (χ0n) is 13.0. The van der Waals surface area contributed by atoms with E-state index in [-0.39, 0.29) is 0 Å². The van der Waals surface area contributed by atoms with Crippen LogP contribution in [0.1, 0.15) is 16.7 Å². The van der Waals surface area contributed by atoms with Gasteiger partial charge in [0.2, 0.25) is 5.95 Å². The van der Waals surface area contributed by atoms with Crippen molar-refractivity contribution in [2.75, 3.05) is 10.6 Å². The van der Waals surface area contributed by atoms with Gasteiger partial charge in [-0.2, -0.15) is 4.98 Å². The Balaban J connectivity index is 1.57. The molecule has 5 heteroatoms. The maximum absolute atomic E-state index is 4.47. The molecule has 0 fully saturated rings. The SMILES string of the molecule is Cc1ccc(CNc2ccnc(NCc3cccnc3)n2)cc1. The zero-order chi connectivity index (χ0) is 15.9. The van der Waals surface area contributed by atoms with Crippen LogP contribution in [-0.4, -0.2) is 15.0 Å². The van der Waals surface area contributed by atoms with Crippen molar-refractivity contribution in [1.82, 2.24) is 15.0 Å². The normalized spacial score (nSPS) is 10.3. The second-order valence-electron chi connectivity index (χ2n) is 5.32. The molecule has 0 saturated heterocycles. The third-order valence-electron chi connectivity index (χ3n) is 3.42. The molecule has 116 valence electrons. The van der Waals surface area contributed by atoms with E-state index in [0.717, 1.165) is 17.9 Å². The molecule has 0 aliphatic rings. The molecule has 3 aromatic rings. The molecule has 0 radical (unpaired) electrons. The first-order chi connectivity index (χ1) is 11.3. The van der Waals surface area contributed by atoms with E-state index in [9.17, 15) is 0 Å². The van der Waals surface area contributed by atoms with Crippen LogP contribution in [0.2, 0.25) is 0 Å². The number of hydrogen-bond donors (Lipinski definition) is 2. The van der Waals surface area contributed by atoms with E-state index < -0.39 is 0 Å². The Bertz CT molecular complexity index is 741. The van der Waals surface area contributed by atoms with Gasteiger partial charge >= 0.3 is 0 Å². The Labute approximate surface area is 135 Å².